The molecule has 0 amide bonds. The maximum atomic E-state index is 11.8. The molecule has 0 aliphatic rings. The van der Waals surface area contributed by atoms with Crippen LogP contribution in [0, 0.1) is 10.1 Å². The number of benzene rings is 2. The number of carboxylic acid groups (broad SMARTS) is 1. The van der Waals surface area contributed by atoms with Crippen LogP contribution in [0.1, 0.15) is 27.6 Å². The van der Waals surface area contributed by atoms with Gasteiger partial charge in [0.15, 0.2) is 0 Å². The van der Waals surface area contributed by atoms with Gasteiger partial charge in [-0.3, -0.25) is 10.1 Å². The number of non-ortho nitro benzene ring substituents is 1. The SMILES string of the molecule is CCOC(=O)c1cc(-c2ccc(C(=O)O)cc2)cc([N+](=O)[O-])c1. The molecule has 2 aromatic carbocycles. The Kier molecular flexibility index (Phi) is 4.70. The van der Waals surface area contributed by atoms with E-state index in [-0.39, 0.29) is 23.4 Å². The number of nitro groups is 1. The van der Waals surface area contributed by atoms with Gasteiger partial charge in [-0.05, 0) is 36.2 Å². The second kappa shape index (κ2) is 6.69. The highest BCUT2D eigenvalue weighted by Crippen LogP contribution is 2.27. The number of nitro benzene ring substituents is 1. The fourth-order valence-electron chi connectivity index (χ4n) is 2.02. The van der Waals surface area contributed by atoms with Gasteiger partial charge < -0.3 is 9.84 Å². The van der Waals surface area contributed by atoms with Crippen molar-refractivity contribution >= 4 is 17.6 Å². The lowest BCUT2D eigenvalue weighted by Crippen LogP contribution is -2.05. The highest BCUT2D eigenvalue weighted by atomic mass is 16.6. The standard InChI is InChI=1S/C16H13NO6/c1-2-23-16(20)13-7-12(8-14(9-13)17(21)22)10-3-5-11(6-4-10)15(18)19/h3-9H,2H2,1H3,(H,18,19). The van der Waals surface area contributed by atoms with Crippen molar-refractivity contribution in [1.82, 2.24) is 0 Å². The average molecular weight is 315 g/mol. The van der Waals surface area contributed by atoms with Crippen molar-refractivity contribution in [3.8, 4) is 11.1 Å². The van der Waals surface area contributed by atoms with Gasteiger partial charge in [-0.1, -0.05) is 12.1 Å². The van der Waals surface area contributed by atoms with Gasteiger partial charge in [-0.2, -0.15) is 0 Å². The summed E-state index contributed by atoms with van der Waals surface area (Å²) in [6.07, 6.45) is 0. The van der Waals surface area contributed by atoms with Gasteiger partial charge >= 0.3 is 11.9 Å². The van der Waals surface area contributed by atoms with Crippen LogP contribution in [0.5, 0.6) is 0 Å². The Morgan fingerprint density at radius 3 is 2.26 bits per heavy atom. The number of esters is 1. The number of aromatic carboxylic acids is 1. The van der Waals surface area contributed by atoms with Crippen LogP contribution in [0.25, 0.3) is 11.1 Å². The Hall–Kier alpha value is -3.22. The first-order valence-electron chi connectivity index (χ1n) is 6.72. The van der Waals surface area contributed by atoms with Crippen LogP contribution in [0.2, 0.25) is 0 Å². The molecule has 0 saturated carbocycles. The molecule has 0 saturated heterocycles. The maximum Gasteiger partial charge on any atom is 0.338 e. The van der Waals surface area contributed by atoms with Crippen molar-refractivity contribution in [3.63, 3.8) is 0 Å². The number of hydrogen-bond donors (Lipinski definition) is 1. The molecule has 0 aliphatic heterocycles. The third-order valence-corrected chi connectivity index (χ3v) is 3.10. The van der Waals surface area contributed by atoms with E-state index in [4.69, 9.17) is 9.84 Å². The van der Waals surface area contributed by atoms with Crippen LogP contribution in [-0.4, -0.2) is 28.6 Å². The molecule has 2 rings (SSSR count). The number of carbonyl (C=O) groups is 2. The summed E-state index contributed by atoms with van der Waals surface area (Å²) in [6, 6.07) is 9.77. The van der Waals surface area contributed by atoms with Crippen LogP contribution in [0.15, 0.2) is 42.5 Å². The van der Waals surface area contributed by atoms with E-state index in [2.05, 4.69) is 0 Å². The zero-order valence-electron chi connectivity index (χ0n) is 12.2. The highest BCUT2D eigenvalue weighted by Gasteiger charge is 2.16. The summed E-state index contributed by atoms with van der Waals surface area (Å²) in [4.78, 5) is 33.1. The predicted molar refractivity (Wildman–Crippen MR) is 81.4 cm³/mol. The summed E-state index contributed by atoms with van der Waals surface area (Å²) in [7, 11) is 0. The van der Waals surface area contributed by atoms with Crippen LogP contribution in [-0.2, 0) is 4.74 Å². The molecule has 118 valence electrons. The van der Waals surface area contributed by atoms with Crippen molar-refractivity contribution in [2.45, 2.75) is 6.92 Å². The van der Waals surface area contributed by atoms with Gasteiger partial charge in [0.05, 0.1) is 22.7 Å². The first-order valence-corrected chi connectivity index (χ1v) is 6.72. The lowest BCUT2D eigenvalue weighted by Gasteiger charge is -2.06. The minimum Gasteiger partial charge on any atom is -0.478 e. The molecule has 0 unspecified atom stereocenters. The first-order chi connectivity index (χ1) is 10.9. The van der Waals surface area contributed by atoms with Crippen molar-refractivity contribution in [1.29, 1.82) is 0 Å². The van der Waals surface area contributed by atoms with Gasteiger partial charge in [0.25, 0.3) is 5.69 Å². The zero-order chi connectivity index (χ0) is 17.0. The second-order valence-electron chi connectivity index (χ2n) is 4.63. The molecule has 0 bridgehead atoms. The molecule has 0 heterocycles. The number of hydrogen-bond acceptors (Lipinski definition) is 5. The van der Waals surface area contributed by atoms with E-state index in [1.807, 2.05) is 0 Å². The Labute approximate surface area is 131 Å². The van der Waals surface area contributed by atoms with E-state index >= 15 is 0 Å². The zero-order valence-corrected chi connectivity index (χ0v) is 12.2. The minimum atomic E-state index is -1.07. The molecule has 0 radical (unpaired) electrons. The molecule has 0 aliphatic carbocycles. The van der Waals surface area contributed by atoms with Crippen LogP contribution in [0.4, 0.5) is 5.69 Å². The van der Waals surface area contributed by atoms with E-state index < -0.39 is 16.9 Å². The van der Waals surface area contributed by atoms with Gasteiger partial charge in [-0.25, -0.2) is 9.59 Å². The molecule has 0 spiro atoms. The summed E-state index contributed by atoms with van der Waals surface area (Å²) in [6.45, 7) is 1.80. The molecule has 7 heteroatoms. The van der Waals surface area contributed by atoms with Crippen LogP contribution >= 0.6 is 0 Å². The van der Waals surface area contributed by atoms with Gasteiger partial charge in [0.2, 0.25) is 0 Å². The van der Waals surface area contributed by atoms with Gasteiger partial charge in [-0.15, -0.1) is 0 Å². The number of rotatable bonds is 5. The first kappa shape index (κ1) is 16.2. The van der Waals surface area contributed by atoms with Crippen molar-refractivity contribution in [2.75, 3.05) is 6.61 Å². The van der Waals surface area contributed by atoms with Crippen molar-refractivity contribution < 1.29 is 24.4 Å². The summed E-state index contributed by atoms with van der Waals surface area (Å²) >= 11 is 0. The summed E-state index contributed by atoms with van der Waals surface area (Å²) in [5, 5.41) is 19.9. The van der Waals surface area contributed by atoms with Crippen molar-refractivity contribution in [3.05, 3.63) is 63.7 Å². The number of carboxylic acids is 1. The molecule has 23 heavy (non-hydrogen) atoms. The summed E-state index contributed by atoms with van der Waals surface area (Å²) in [5.41, 5.74) is 0.916. The highest BCUT2D eigenvalue weighted by molar-refractivity contribution is 5.92. The van der Waals surface area contributed by atoms with Crippen LogP contribution in [0.3, 0.4) is 0 Å². The Morgan fingerprint density at radius 1 is 1.09 bits per heavy atom. The van der Waals surface area contributed by atoms with E-state index in [1.54, 1.807) is 6.92 Å². The Morgan fingerprint density at radius 2 is 1.74 bits per heavy atom. The Bertz CT molecular complexity index is 767. The summed E-state index contributed by atoms with van der Waals surface area (Å²) in [5.74, 6) is -1.72. The third-order valence-electron chi connectivity index (χ3n) is 3.10. The quantitative estimate of drug-likeness (QED) is 0.516. The lowest BCUT2D eigenvalue weighted by atomic mass is 10.0. The second-order valence-corrected chi connectivity index (χ2v) is 4.63. The van der Waals surface area contributed by atoms with Gasteiger partial charge in [0.1, 0.15) is 0 Å². The fraction of sp³-hybridized carbons (Fsp3) is 0.125. The topological polar surface area (TPSA) is 107 Å². The molecule has 0 atom stereocenters. The normalized spacial score (nSPS) is 10.1. The van der Waals surface area contributed by atoms with Crippen molar-refractivity contribution in [2.24, 2.45) is 0 Å². The smallest absolute Gasteiger partial charge is 0.338 e. The predicted octanol–water partition coefficient (Wildman–Crippen LogP) is 3.14. The van der Waals surface area contributed by atoms with Gasteiger partial charge in [0, 0.05) is 12.1 Å². The molecular weight excluding hydrogens is 302 g/mol. The van der Waals surface area contributed by atoms with E-state index in [1.165, 1.54) is 36.4 Å². The minimum absolute atomic E-state index is 0.0679. The fourth-order valence-corrected chi connectivity index (χ4v) is 2.02. The van der Waals surface area contributed by atoms with E-state index in [9.17, 15) is 19.7 Å². The number of carbonyl (C=O) groups excluding carboxylic acids is 1. The lowest BCUT2D eigenvalue weighted by molar-refractivity contribution is -0.384. The van der Waals surface area contributed by atoms with Crippen LogP contribution < -0.4 is 0 Å². The molecule has 2 aromatic rings. The molecule has 0 fully saturated rings. The maximum absolute atomic E-state index is 11.8. The molecule has 0 aromatic heterocycles. The Balaban J connectivity index is 2.50. The average Bonchev–Trinajstić information content (AvgIpc) is 2.54. The largest absolute Gasteiger partial charge is 0.478 e. The number of nitrogens with zero attached hydrogens (tertiary/aromatic N) is 1. The van der Waals surface area contributed by atoms with E-state index in [0.717, 1.165) is 6.07 Å². The van der Waals surface area contributed by atoms with E-state index in [0.29, 0.717) is 11.1 Å². The molecule has 7 nitrogen and oxygen atoms in total. The number of ether oxygens (including phenoxy) is 1. The monoisotopic (exact) mass is 315 g/mol. The summed E-state index contributed by atoms with van der Waals surface area (Å²) < 4.78 is 4.86. The molecular formula is C16H13NO6. The molecule has 1 N–H and O–H groups in total. The third kappa shape index (κ3) is 3.70.